The summed E-state index contributed by atoms with van der Waals surface area (Å²) in [7, 11) is -4.02. The van der Waals surface area contributed by atoms with Gasteiger partial charge >= 0.3 is 6.18 Å². The second kappa shape index (κ2) is 10.0. The van der Waals surface area contributed by atoms with Crippen LogP contribution < -0.4 is 11.2 Å². The van der Waals surface area contributed by atoms with E-state index in [2.05, 4.69) is 15.3 Å². The van der Waals surface area contributed by atoms with Gasteiger partial charge in [-0.05, 0) is 42.7 Å². The smallest absolute Gasteiger partial charge is 0.345 e. The number of nitrogens with one attached hydrogen (secondary N) is 1. The van der Waals surface area contributed by atoms with Crippen molar-refractivity contribution in [3.63, 3.8) is 0 Å². The zero-order valence-electron chi connectivity index (χ0n) is 19.3. The molecular weight excluding hydrogens is 513 g/mol. The van der Waals surface area contributed by atoms with Gasteiger partial charge in [-0.2, -0.15) is 17.5 Å². The van der Waals surface area contributed by atoms with Crippen molar-refractivity contribution in [3.8, 4) is 0 Å². The second-order valence-electron chi connectivity index (χ2n) is 8.44. The number of piperidine rings is 1. The van der Waals surface area contributed by atoms with Crippen LogP contribution in [0, 0.1) is 0 Å². The van der Waals surface area contributed by atoms with Crippen molar-refractivity contribution in [1.29, 1.82) is 0 Å². The average Bonchev–Trinajstić information content (AvgIpc) is 2.89. The van der Waals surface area contributed by atoms with Crippen LogP contribution in [0.3, 0.4) is 0 Å². The molecule has 0 atom stereocenters. The van der Waals surface area contributed by atoms with E-state index in [1.165, 1.54) is 16.7 Å². The Labute approximate surface area is 210 Å². The van der Waals surface area contributed by atoms with Crippen LogP contribution in [-0.2, 0) is 21.7 Å². The molecule has 0 spiro atoms. The number of hydrogen-bond acceptors (Lipinski definition) is 8. The number of benzene rings is 2. The first kappa shape index (κ1) is 26.5. The van der Waals surface area contributed by atoms with Crippen molar-refractivity contribution in [2.75, 3.05) is 18.4 Å². The van der Waals surface area contributed by atoms with Gasteiger partial charge in [-0.15, -0.1) is 5.17 Å². The summed E-state index contributed by atoms with van der Waals surface area (Å²) in [6.45, 7) is 0.156. The molecule has 196 valence electrons. The van der Waals surface area contributed by atoms with E-state index in [1.807, 2.05) is 30.3 Å². The molecule has 2 aromatic carbocycles. The molecule has 0 unspecified atom stereocenters. The molecule has 0 saturated carbocycles. The summed E-state index contributed by atoms with van der Waals surface area (Å²) in [5, 5.41) is 12.3. The first-order valence-electron chi connectivity index (χ1n) is 11.0. The van der Waals surface area contributed by atoms with E-state index in [0.717, 1.165) is 29.8 Å². The molecule has 1 aliphatic rings. The molecule has 0 bridgehead atoms. The molecule has 1 amide bonds. The molecule has 3 aromatic rings. The van der Waals surface area contributed by atoms with Crippen molar-refractivity contribution in [3.05, 3.63) is 83.7 Å². The molecule has 14 heteroatoms. The van der Waals surface area contributed by atoms with Crippen LogP contribution in [0.25, 0.3) is 0 Å². The summed E-state index contributed by atoms with van der Waals surface area (Å²) in [5.74, 6) is 4.30. The second-order valence-corrected chi connectivity index (χ2v) is 10.4. The fourth-order valence-corrected chi connectivity index (χ4v) is 5.61. The number of nitrogens with zero attached hydrogens (tertiary/aromatic N) is 4. The number of hydrazine groups is 1. The number of carbonyl (C=O) groups is 1. The summed E-state index contributed by atoms with van der Waals surface area (Å²) in [5.41, 5.74) is -0.880. The quantitative estimate of drug-likeness (QED) is 0.189. The van der Waals surface area contributed by atoms with Gasteiger partial charge in [-0.3, -0.25) is 10.0 Å². The van der Waals surface area contributed by atoms with Crippen molar-refractivity contribution >= 4 is 21.9 Å². The van der Waals surface area contributed by atoms with Crippen molar-refractivity contribution in [2.24, 2.45) is 5.84 Å². The largest absolute Gasteiger partial charge is 0.416 e. The molecule has 2 heterocycles. The maximum Gasteiger partial charge on any atom is 0.416 e. The van der Waals surface area contributed by atoms with E-state index in [-0.39, 0.29) is 34.7 Å². The number of hydroxylamine groups is 1. The highest BCUT2D eigenvalue weighted by molar-refractivity contribution is 7.89. The molecule has 0 aliphatic carbocycles. The maximum absolute atomic E-state index is 13.1. The molecule has 0 radical (unpaired) electrons. The van der Waals surface area contributed by atoms with E-state index in [9.17, 15) is 26.4 Å². The summed E-state index contributed by atoms with van der Waals surface area (Å²) < 4.78 is 66.2. The predicted molar refractivity (Wildman–Crippen MR) is 125 cm³/mol. The summed E-state index contributed by atoms with van der Waals surface area (Å²) in [6, 6.07) is 12.7. The molecule has 37 heavy (non-hydrogen) atoms. The fraction of sp³-hybridized carbons (Fsp3) is 0.261. The highest BCUT2D eigenvalue weighted by Crippen LogP contribution is 2.38. The lowest BCUT2D eigenvalue weighted by atomic mass is 9.81. The minimum absolute atomic E-state index is 0.0400. The van der Waals surface area contributed by atoms with Crippen LogP contribution in [0.2, 0.25) is 0 Å². The van der Waals surface area contributed by atoms with Gasteiger partial charge in [-0.25, -0.2) is 24.2 Å². The monoisotopic (exact) mass is 536 g/mol. The fourth-order valence-electron chi connectivity index (χ4n) is 4.17. The third-order valence-corrected chi connectivity index (χ3v) is 8.09. The van der Waals surface area contributed by atoms with Gasteiger partial charge in [0.25, 0.3) is 5.91 Å². The number of hydrogen-bond donors (Lipinski definition) is 3. The van der Waals surface area contributed by atoms with Crippen LogP contribution in [-0.4, -0.2) is 52.1 Å². The molecule has 4 N–H and O–H groups in total. The molecule has 1 aromatic heterocycles. The molecular formula is C23H23F3N6O4S. The normalized spacial score (nSPS) is 16.2. The third kappa shape index (κ3) is 5.56. The summed E-state index contributed by atoms with van der Waals surface area (Å²) in [6.07, 6.45) is -1.58. The van der Waals surface area contributed by atoms with E-state index in [1.54, 1.807) is 0 Å². The molecule has 10 nitrogen and oxygen atoms in total. The predicted octanol–water partition coefficient (Wildman–Crippen LogP) is 2.99. The van der Waals surface area contributed by atoms with Gasteiger partial charge in [0.05, 0.1) is 21.6 Å². The number of sulfonamides is 1. The summed E-state index contributed by atoms with van der Waals surface area (Å²) in [4.78, 5) is 19.8. The Kier molecular flexibility index (Phi) is 7.19. The Morgan fingerprint density at radius 3 is 2.11 bits per heavy atom. The third-order valence-electron chi connectivity index (χ3n) is 6.18. The minimum Gasteiger partial charge on any atom is -0.345 e. The van der Waals surface area contributed by atoms with Gasteiger partial charge in [-0.1, -0.05) is 30.3 Å². The zero-order chi connectivity index (χ0) is 26.8. The van der Waals surface area contributed by atoms with E-state index in [4.69, 9.17) is 11.0 Å². The Morgan fingerprint density at radius 1 is 1.03 bits per heavy atom. The van der Waals surface area contributed by atoms with Crippen LogP contribution in [0.15, 0.2) is 71.9 Å². The van der Waals surface area contributed by atoms with Crippen molar-refractivity contribution in [2.45, 2.75) is 29.5 Å². The van der Waals surface area contributed by atoms with Crippen LogP contribution in [0.5, 0.6) is 0 Å². The number of alkyl halides is 3. The Balaban J connectivity index is 1.56. The highest BCUT2D eigenvalue weighted by Gasteiger charge is 2.40. The Hall–Kier alpha value is -3.59. The molecule has 4 rings (SSSR count). The first-order valence-corrected chi connectivity index (χ1v) is 12.5. The molecule has 1 saturated heterocycles. The van der Waals surface area contributed by atoms with Gasteiger partial charge < -0.3 is 5.32 Å². The highest BCUT2D eigenvalue weighted by atomic mass is 32.2. The Bertz CT molecular complexity index is 1340. The minimum atomic E-state index is -4.57. The van der Waals surface area contributed by atoms with E-state index in [0.29, 0.717) is 12.8 Å². The van der Waals surface area contributed by atoms with Gasteiger partial charge in [0.1, 0.15) is 0 Å². The van der Waals surface area contributed by atoms with Crippen molar-refractivity contribution in [1.82, 2.24) is 19.4 Å². The number of aromatic nitrogens is 2. The lowest BCUT2D eigenvalue weighted by molar-refractivity contribution is -0.137. The van der Waals surface area contributed by atoms with Crippen LogP contribution in [0.1, 0.15) is 34.3 Å². The number of nitrogens with two attached hydrogens (primary N) is 1. The van der Waals surface area contributed by atoms with Gasteiger partial charge in [0.2, 0.25) is 16.0 Å². The molecule has 1 fully saturated rings. The maximum atomic E-state index is 13.1. The molecule has 1 aliphatic heterocycles. The van der Waals surface area contributed by atoms with E-state index < -0.39 is 33.2 Å². The standard InChI is InChI=1S/C23H23F3N6O4S/c24-23(25,26)18-6-8-19(9-7-18)37(35,36)31-12-10-22(11-13-31,17-4-2-1-3-5-17)30-21-28-14-16(15-29-21)20(33)32(27)34/h1-9,14-15,34H,10-13,27H2,(H,28,29,30). The van der Waals surface area contributed by atoms with Crippen LogP contribution >= 0.6 is 0 Å². The lowest BCUT2D eigenvalue weighted by Gasteiger charge is -2.42. The topological polar surface area (TPSA) is 142 Å². The number of rotatable bonds is 6. The first-order chi connectivity index (χ1) is 17.4. The van der Waals surface area contributed by atoms with E-state index >= 15 is 0 Å². The number of halogens is 3. The lowest BCUT2D eigenvalue weighted by Crippen LogP contribution is -2.49. The van der Waals surface area contributed by atoms with Gasteiger partial charge in [0, 0.05) is 25.5 Å². The average molecular weight is 537 g/mol. The summed E-state index contributed by atoms with van der Waals surface area (Å²) >= 11 is 0. The SMILES string of the molecule is NN(O)C(=O)c1cnc(NC2(c3ccccc3)CCN(S(=O)(=O)c3ccc(C(F)(F)F)cc3)CC2)nc1. The van der Waals surface area contributed by atoms with Gasteiger partial charge in [0.15, 0.2) is 0 Å². The van der Waals surface area contributed by atoms with Crippen molar-refractivity contribution < 1.29 is 31.6 Å². The number of amides is 1. The number of anilines is 1. The number of carbonyl (C=O) groups excluding carboxylic acids is 1. The van der Waals surface area contributed by atoms with Crippen LogP contribution in [0.4, 0.5) is 19.1 Å². The zero-order valence-corrected chi connectivity index (χ0v) is 20.1. The Morgan fingerprint density at radius 2 is 1.59 bits per heavy atom.